The molecule has 1 aromatic carbocycles. The number of nitrogens with zero attached hydrogens (tertiary/aromatic N) is 3. The van der Waals surface area contributed by atoms with E-state index in [1.54, 1.807) is 19.4 Å². The van der Waals surface area contributed by atoms with Crippen molar-refractivity contribution in [1.29, 1.82) is 0 Å². The third-order valence-electron chi connectivity index (χ3n) is 4.47. The highest BCUT2D eigenvalue weighted by atomic mass is 16.5. The van der Waals surface area contributed by atoms with E-state index in [4.69, 9.17) is 4.74 Å². The molecule has 0 atom stereocenters. The first-order valence-corrected chi connectivity index (χ1v) is 9.53. The summed E-state index contributed by atoms with van der Waals surface area (Å²) in [5.74, 6) is 1.57. The molecule has 7 nitrogen and oxygen atoms in total. The summed E-state index contributed by atoms with van der Waals surface area (Å²) >= 11 is 0. The molecular weight excluding hydrogens is 378 g/mol. The lowest BCUT2D eigenvalue weighted by Gasteiger charge is -2.15. The highest BCUT2D eigenvalue weighted by molar-refractivity contribution is 5.92. The average molecular weight is 403 g/mol. The van der Waals surface area contributed by atoms with E-state index in [-0.39, 0.29) is 12.2 Å². The van der Waals surface area contributed by atoms with Gasteiger partial charge in [-0.05, 0) is 44.5 Å². The summed E-state index contributed by atoms with van der Waals surface area (Å²) in [5.41, 5.74) is 5.27. The van der Waals surface area contributed by atoms with Crippen LogP contribution in [0.25, 0.3) is 0 Å². The molecule has 0 amide bonds. The van der Waals surface area contributed by atoms with Crippen molar-refractivity contribution in [2.45, 2.75) is 27.2 Å². The van der Waals surface area contributed by atoms with Gasteiger partial charge in [0.2, 0.25) is 11.8 Å². The molecule has 30 heavy (non-hydrogen) atoms. The van der Waals surface area contributed by atoms with Crippen LogP contribution in [-0.2, 0) is 11.2 Å². The summed E-state index contributed by atoms with van der Waals surface area (Å²) in [7, 11) is 1.58. The van der Waals surface area contributed by atoms with Gasteiger partial charge in [-0.25, -0.2) is 9.97 Å². The van der Waals surface area contributed by atoms with E-state index in [0.717, 1.165) is 33.8 Å². The van der Waals surface area contributed by atoms with Gasteiger partial charge >= 0.3 is 0 Å². The van der Waals surface area contributed by atoms with Crippen molar-refractivity contribution in [2.24, 2.45) is 0 Å². The topological polar surface area (TPSA) is 89.0 Å². The number of methoxy groups -OCH3 is 1. The Morgan fingerprint density at radius 3 is 2.67 bits per heavy atom. The highest BCUT2D eigenvalue weighted by Gasteiger charge is 2.11. The summed E-state index contributed by atoms with van der Waals surface area (Å²) in [6.07, 6.45) is 3.36. The monoisotopic (exact) mass is 403 g/mol. The van der Waals surface area contributed by atoms with Crippen LogP contribution < -0.4 is 15.4 Å². The number of rotatable bonds is 8. The van der Waals surface area contributed by atoms with Crippen LogP contribution in [0.2, 0.25) is 0 Å². The van der Waals surface area contributed by atoms with Crippen LogP contribution in [-0.4, -0.2) is 27.8 Å². The molecule has 0 fully saturated rings. The predicted octanol–water partition coefficient (Wildman–Crippen LogP) is 4.59. The Bertz CT molecular complexity index is 1090. The number of carbonyl (C=O) groups excluding carboxylic acids is 1. The van der Waals surface area contributed by atoms with E-state index in [0.29, 0.717) is 17.6 Å². The Morgan fingerprint density at radius 2 is 1.93 bits per heavy atom. The molecule has 3 rings (SSSR count). The first kappa shape index (κ1) is 21.0. The van der Waals surface area contributed by atoms with Gasteiger partial charge in [-0.15, -0.1) is 0 Å². The van der Waals surface area contributed by atoms with Gasteiger partial charge in [-0.3, -0.25) is 4.79 Å². The number of aryl methyl sites for hydroxylation is 3. The van der Waals surface area contributed by atoms with Gasteiger partial charge in [0.25, 0.3) is 0 Å². The number of pyridine rings is 1. The van der Waals surface area contributed by atoms with Crippen molar-refractivity contribution >= 4 is 28.9 Å². The maximum atomic E-state index is 11.9. The minimum Gasteiger partial charge on any atom is -0.481 e. The third kappa shape index (κ3) is 5.20. The lowest BCUT2D eigenvalue weighted by molar-refractivity contribution is -0.114. The predicted molar refractivity (Wildman–Crippen MR) is 119 cm³/mol. The van der Waals surface area contributed by atoms with E-state index in [1.165, 1.54) is 6.08 Å². The quantitative estimate of drug-likeness (QED) is 0.532. The van der Waals surface area contributed by atoms with E-state index >= 15 is 0 Å². The van der Waals surface area contributed by atoms with Crippen molar-refractivity contribution in [1.82, 2.24) is 15.0 Å². The molecule has 154 valence electrons. The van der Waals surface area contributed by atoms with E-state index < -0.39 is 0 Å². The van der Waals surface area contributed by atoms with E-state index in [1.807, 2.05) is 45.0 Å². The molecule has 0 spiro atoms. The Hall–Kier alpha value is -3.74. The lowest BCUT2D eigenvalue weighted by Crippen LogP contribution is -2.06. The molecule has 2 heterocycles. The molecule has 0 unspecified atom stereocenters. The third-order valence-corrected chi connectivity index (χ3v) is 4.47. The van der Waals surface area contributed by atoms with Gasteiger partial charge in [-0.1, -0.05) is 24.3 Å². The van der Waals surface area contributed by atoms with Crippen molar-refractivity contribution in [3.8, 4) is 5.88 Å². The van der Waals surface area contributed by atoms with Crippen LogP contribution in [0.1, 0.15) is 22.4 Å². The number of hydrogen-bond donors (Lipinski definition) is 2. The zero-order chi connectivity index (χ0) is 21.7. The van der Waals surface area contributed by atoms with Gasteiger partial charge < -0.3 is 15.4 Å². The number of ether oxygens (including phenoxy) is 1. The fourth-order valence-electron chi connectivity index (χ4n) is 2.95. The van der Waals surface area contributed by atoms with Gasteiger partial charge in [0, 0.05) is 41.3 Å². The Balaban J connectivity index is 1.89. The largest absolute Gasteiger partial charge is 0.481 e. The maximum Gasteiger partial charge on any atom is 0.229 e. The molecule has 3 aromatic rings. The standard InChI is InChI=1S/C23H25N5O2/c1-6-19(29)11-17-9-14(2)7-8-20(17)27-22-15(3)13-24-23(28-22)26-18-10-16(4)25-21(12-18)30-5/h6-10,12-13H,1,11H2,2-5H3,(H2,24,25,26,27,28). The number of carbonyl (C=O) groups is 1. The Kier molecular flexibility index (Phi) is 6.41. The summed E-state index contributed by atoms with van der Waals surface area (Å²) in [4.78, 5) is 25.2. The van der Waals surface area contributed by atoms with Crippen LogP contribution in [0, 0.1) is 20.8 Å². The molecule has 0 bridgehead atoms. The van der Waals surface area contributed by atoms with Crippen molar-refractivity contribution in [2.75, 3.05) is 17.7 Å². The van der Waals surface area contributed by atoms with Gasteiger partial charge in [0.05, 0.1) is 7.11 Å². The second kappa shape index (κ2) is 9.17. The van der Waals surface area contributed by atoms with E-state index in [2.05, 4.69) is 32.2 Å². The smallest absolute Gasteiger partial charge is 0.229 e. The van der Waals surface area contributed by atoms with Gasteiger partial charge in [0.15, 0.2) is 5.78 Å². The number of ketones is 1. The average Bonchev–Trinajstić information content (AvgIpc) is 2.71. The first-order chi connectivity index (χ1) is 14.4. The van der Waals surface area contributed by atoms with Crippen LogP contribution in [0.4, 0.5) is 23.1 Å². The number of nitrogens with one attached hydrogen (secondary N) is 2. The number of allylic oxidation sites excluding steroid dienone is 1. The minimum atomic E-state index is -0.0348. The Labute approximate surface area is 176 Å². The number of hydrogen-bond acceptors (Lipinski definition) is 7. The number of anilines is 4. The molecule has 0 saturated heterocycles. The fourth-order valence-corrected chi connectivity index (χ4v) is 2.95. The van der Waals surface area contributed by atoms with Crippen LogP contribution in [0.15, 0.2) is 49.2 Å². The molecule has 0 radical (unpaired) electrons. The lowest BCUT2D eigenvalue weighted by atomic mass is 10.0. The molecule has 0 aliphatic heterocycles. The number of benzene rings is 1. The maximum absolute atomic E-state index is 11.9. The molecule has 0 aliphatic carbocycles. The van der Waals surface area contributed by atoms with Crippen LogP contribution >= 0.6 is 0 Å². The molecule has 0 aliphatic rings. The summed E-state index contributed by atoms with van der Waals surface area (Å²) < 4.78 is 5.22. The number of aromatic nitrogens is 3. The van der Waals surface area contributed by atoms with Crippen LogP contribution in [0.3, 0.4) is 0 Å². The van der Waals surface area contributed by atoms with Crippen molar-refractivity contribution in [3.05, 3.63) is 71.6 Å². The highest BCUT2D eigenvalue weighted by Crippen LogP contribution is 2.26. The van der Waals surface area contributed by atoms with Crippen LogP contribution in [0.5, 0.6) is 5.88 Å². The Morgan fingerprint density at radius 1 is 1.13 bits per heavy atom. The van der Waals surface area contributed by atoms with Crippen molar-refractivity contribution < 1.29 is 9.53 Å². The van der Waals surface area contributed by atoms with Gasteiger partial charge in [-0.2, -0.15) is 4.98 Å². The second-order valence-corrected chi connectivity index (χ2v) is 7.02. The minimum absolute atomic E-state index is 0.0348. The SMILES string of the molecule is C=CC(=O)Cc1cc(C)ccc1Nc1nc(Nc2cc(C)nc(OC)c2)ncc1C. The van der Waals surface area contributed by atoms with Gasteiger partial charge in [0.1, 0.15) is 5.82 Å². The van der Waals surface area contributed by atoms with E-state index in [9.17, 15) is 4.79 Å². The summed E-state index contributed by atoms with van der Waals surface area (Å²) in [6, 6.07) is 9.60. The molecule has 0 saturated carbocycles. The molecule has 7 heteroatoms. The zero-order valence-electron chi connectivity index (χ0n) is 17.6. The summed E-state index contributed by atoms with van der Waals surface area (Å²) in [6.45, 7) is 9.37. The molecule has 2 N–H and O–H groups in total. The zero-order valence-corrected chi connectivity index (χ0v) is 17.6. The molecular formula is C23H25N5O2. The van der Waals surface area contributed by atoms with Crippen molar-refractivity contribution in [3.63, 3.8) is 0 Å². The first-order valence-electron chi connectivity index (χ1n) is 9.53. The second-order valence-electron chi connectivity index (χ2n) is 7.02. The normalized spacial score (nSPS) is 10.4. The molecule has 2 aromatic heterocycles. The summed E-state index contributed by atoms with van der Waals surface area (Å²) in [5, 5.41) is 6.53. The fraction of sp³-hybridized carbons (Fsp3) is 0.217.